The van der Waals surface area contributed by atoms with Crippen molar-refractivity contribution in [2.24, 2.45) is 10.8 Å². The molecule has 0 unspecified atom stereocenters. The Balaban J connectivity index is 1.48. The van der Waals surface area contributed by atoms with Crippen molar-refractivity contribution >= 4 is 0 Å². The molecular weight excluding hydrogens is 230 g/mol. The van der Waals surface area contributed by atoms with E-state index in [1.807, 2.05) is 5.57 Å². The van der Waals surface area contributed by atoms with Gasteiger partial charge in [0.2, 0.25) is 0 Å². The third-order valence-corrected chi connectivity index (χ3v) is 6.37. The molecule has 1 nitrogen and oxygen atoms in total. The van der Waals surface area contributed by atoms with Crippen molar-refractivity contribution in [3.8, 4) is 0 Å². The van der Waals surface area contributed by atoms with Gasteiger partial charge in [0.05, 0.1) is 0 Å². The molecule has 0 aromatic heterocycles. The molecular formula is C18H29N. The van der Waals surface area contributed by atoms with E-state index in [0.717, 1.165) is 11.5 Å². The van der Waals surface area contributed by atoms with Crippen molar-refractivity contribution in [1.29, 1.82) is 0 Å². The molecule has 0 atom stereocenters. The normalized spacial score (nSPS) is 32.1. The maximum atomic E-state index is 3.86. The second-order valence-corrected chi connectivity index (χ2v) is 7.97. The van der Waals surface area contributed by atoms with Crippen molar-refractivity contribution in [3.05, 3.63) is 11.6 Å². The van der Waals surface area contributed by atoms with Crippen LogP contribution in [0.25, 0.3) is 0 Å². The molecule has 0 heterocycles. The molecule has 3 saturated carbocycles. The zero-order valence-corrected chi connectivity index (χ0v) is 12.3. The Labute approximate surface area is 118 Å². The van der Waals surface area contributed by atoms with E-state index in [1.165, 1.54) is 83.6 Å². The summed E-state index contributed by atoms with van der Waals surface area (Å²) in [5.41, 5.74) is 3.22. The van der Waals surface area contributed by atoms with Gasteiger partial charge < -0.3 is 5.32 Å². The lowest BCUT2D eigenvalue weighted by Crippen LogP contribution is -2.52. The highest BCUT2D eigenvalue weighted by Gasteiger charge is 2.56. The second-order valence-electron chi connectivity index (χ2n) is 7.97. The molecule has 4 rings (SSSR count). The Kier molecular flexibility index (Phi) is 3.02. The summed E-state index contributed by atoms with van der Waals surface area (Å²) in [6, 6.07) is 0.876. The molecule has 0 radical (unpaired) electrons. The molecule has 0 bridgehead atoms. The summed E-state index contributed by atoms with van der Waals surface area (Å²) >= 11 is 0. The predicted molar refractivity (Wildman–Crippen MR) is 80.1 cm³/mol. The van der Waals surface area contributed by atoms with Gasteiger partial charge in [0.15, 0.2) is 0 Å². The average Bonchev–Trinajstić information content (AvgIpc) is 3.12. The fourth-order valence-corrected chi connectivity index (χ4v) is 5.28. The minimum Gasteiger partial charge on any atom is -0.313 e. The summed E-state index contributed by atoms with van der Waals surface area (Å²) in [4.78, 5) is 0. The number of nitrogens with one attached hydrogen (secondary N) is 1. The molecule has 1 spiro atoms. The fraction of sp³-hybridized carbons (Fsp3) is 0.889. The van der Waals surface area contributed by atoms with Crippen LogP contribution >= 0.6 is 0 Å². The molecule has 0 aromatic carbocycles. The van der Waals surface area contributed by atoms with Crippen LogP contribution in [0, 0.1) is 10.8 Å². The molecule has 0 amide bonds. The SMILES string of the molecule is C1=C(C2(CNC3CC3)CC3(CCCC3)C2)CCCC1. The van der Waals surface area contributed by atoms with Crippen LogP contribution in [-0.4, -0.2) is 12.6 Å². The summed E-state index contributed by atoms with van der Waals surface area (Å²) in [5, 5.41) is 3.86. The van der Waals surface area contributed by atoms with Crippen LogP contribution in [0.4, 0.5) is 0 Å². The lowest BCUT2D eigenvalue weighted by atomic mass is 9.48. The summed E-state index contributed by atoms with van der Waals surface area (Å²) in [6.45, 7) is 1.30. The lowest BCUT2D eigenvalue weighted by molar-refractivity contribution is -0.0102. The third-order valence-electron chi connectivity index (χ3n) is 6.37. The first-order valence-electron chi connectivity index (χ1n) is 8.73. The first-order valence-corrected chi connectivity index (χ1v) is 8.73. The van der Waals surface area contributed by atoms with Crippen molar-refractivity contribution in [3.63, 3.8) is 0 Å². The van der Waals surface area contributed by atoms with E-state index in [-0.39, 0.29) is 0 Å². The van der Waals surface area contributed by atoms with E-state index >= 15 is 0 Å². The van der Waals surface area contributed by atoms with Crippen LogP contribution in [0.2, 0.25) is 0 Å². The Hall–Kier alpha value is -0.300. The number of rotatable bonds is 4. The Bertz CT molecular complexity index is 363. The first kappa shape index (κ1) is 12.4. The van der Waals surface area contributed by atoms with Gasteiger partial charge >= 0.3 is 0 Å². The number of allylic oxidation sites excluding steroid dienone is 1. The molecule has 0 saturated heterocycles. The van der Waals surface area contributed by atoms with E-state index in [1.54, 1.807) is 0 Å². The molecule has 0 aliphatic heterocycles. The van der Waals surface area contributed by atoms with Gasteiger partial charge in [-0.25, -0.2) is 0 Å². The summed E-state index contributed by atoms with van der Waals surface area (Å²) < 4.78 is 0. The lowest BCUT2D eigenvalue weighted by Gasteiger charge is -2.57. The van der Waals surface area contributed by atoms with Crippen molar-refractivity contribution in [1.82, 2.24) is 5.32 Å². The van der Waals surface area contributed by atoms with E-state index in [0.29, 0.717) is 5.41 Å². The van der Waals surface area contributed by atoms with E-state index in [2.05, 4.69) is 11.4 Å². The van der Waals surface area contributed by atoms with Crippen LogP contribution in [0.3, 0.4) is 0 Å². The monoisotopic (exact) mass is 259 g/mol. The minimum absolute atomic E-state index is 0.591. The molecule has 19 heavy (non-hydrogen) atoms. The van der Waals surface area contributed by atoms with Crippen LogP contribution < -0.4 is 5.32 Å². The third kappa shape index (κ3) is 2.28. The van der Waals surface area contributed by atoms with Crippen molar-refractivity contribution in [2.45, 2.75) is 83.1 Å². The maximum Gasteiger partial charge on any atom is 0.00685 e. The van der Waals surface area contributed by atoms with Gasteiger partial charge in [-0.1, -0.05) is 24.5 Å². The van der Waals surface area contributed by atoms with E-state index in [9.17, 15) is 0 Å². The van der Waals surface area contributed by atoms with E-state index in [4.69, 9.17) is 0 Å². The smallest absolute Gasteiger partial charge is 0.00685 e. The van der Waals surface area contributed by atoms with Gasteiger partial charge in [-0.3, -0.25) is 0 Å². The van der Waals surface area contributed by atoms with Crippen LogP contribution in [-0.2, 0) is 0 Å². The number of hydrogen-bond acceptors (Lipinski definition) is 1. The number of hydrogen-bond donors (Lipinski definition) is 1. The highest BCUT2D eigenvalue weighted by Crippen LogP contribution is 2.65. The highest BCUT2D eigenvalue weighted by atomic mass is 15.0. The first-order chi connectivity index (χ1) is 9.30. The summed E-state index contributed by atoms with van der Waals surface area (Å²) in [7, 11) is 0. The van der Waals surface area contributed by atoms with Gasteiger partial charge in [0.1, 0.15) is 0 Å². The molecule has 4 aliphatic carbocycles. The molecule has 3 fully saturated rings. The predicted octanol–water partition coefficient (Wildman–Crippen LogP) is 4.58. The van der Waals surface area contributed by atoms with Gasteiger partial charge in [-0.05, 0) is 69.6 Å². The Morgan fingerprint density at radius 1 is 1.05 bits per heavy atom. The maximum absolute atomic E-state index is 3.86. The van der Waals surface area contributed by atoms with Crippen molar-refractivity contribution < 1.29 is 0 Å². The molecule has 0 aromatic rings. The standard InChI is InChI=1S/C18H29N/c1-2-6-15(7-3-1)18(14-19-16-8-9-16)12-17(13-18)10-4-5-11-17/h6,16,19H,1-5,7-14H2. The van der Waals surface area contributed by atoms with Crippen molar-refractivity contribution in [2.75, 3.05) is 6.54 Å². The molecule has 106 valence electrons. The summed E-state index contributed by atoms with van der Waals surface area (Å²) in [5.74, 6) is 0. The van der Waals surface area contributed by atoms with Gasteiger partial charge in [-0.2, -0.15) is 0 Å². The minimum atomic E-state index is 0.591. The largest absolute Gasteiger partial charge is 0.313 e. The fourth-order valence-electron chi connectivity index (χ4n) is 5.28. The Morgan fingerprint density at radius 2 is 1.84 bits per heavy atom. The Morgan fingerprint density at radius 3 is 2.47 bits per heavy atom. The molecule has 1 N–H and O–H groups in total. The van der Waals surface area contributed by atoms with Gasteiger partial charge in [-0.15, -0.1) is 0 Å². The quantitative estimate of drug-likeness (QED) is 0.729. The van der Waals surface area contributed by atoms with Crippen LogP contribution in [0.1, 0.15) is 77.0 Å². The van der Waals surface area contributed by atoms with Gasteiger partial charge in [0.25, 0.3) is 0 Å². The summed E-state index contributed by atoms with van der Waals surface area (Å²) in [6.07, 6.45) is 20.2. The van der Waals surface area contributed by atoms with Crippen LogP contribution in [0.15, 0.2) is 11.6 Å². The molecule has 4 aliphatic rings. The molecule has 1 heteroatoms. The van der Waals surface area contributed by atoms with Crippen LogP contribution in [0.5, 0.6) is 0 Å². The van der Waals surface area contributed by atoms with E-state index < -0.39 is 0 Å². The average molecular weight is 259 g/mol. The highest BCUT2D eigenvalue weighted by molar-refractivity contribution is 5.25. The zero-order chi connectivity index (χ0) is 12.8. The topological polar surface area (TPSA) is 12.0 Å². The van der Waals surface area contributed by atoms with Gasteiger partial charge in [0, 0.05) is 18.0 Å². The zero-order valence-electron chi connectivity index (χ0n) is 12.3. The second kappa shape index (κ2) is 4.62.